The van der Waals surface area contributed by atoms with E-state index >= 15 is 0 Å². The van der Waals surface area contributed by atoms with Crippen LogP contribution in [-0.4, -0.2) is 52.4 Å². The van der Waals surface area contributed by atoms with E-state index in [1.807, 2.05) is 19.2 Å². The summed E-state index contributed by atoms with van der Waals surface area (Å²) in [7, 11) is 0. The molecule has 0 radical (unpaired) electrons. The Morgan fingerprint density at radius 1 is 1.21 bits per heavy atom. The largest absolute Gasteiger partial charge is 0.396 e. The molecule has 6 nitrogen and oxygen atoms in total. The maximum atomic E-state index is 12.3. The van der Waals surface area contributed by atoms with Crippen molar-refractivity contribution in [3.05, 3.63) is 35.7 Å². The highest BCUT2D eigenvalue weighted by Crippen LogP contribution is 2.21. The molecular formula is C15H18F3N5O. The Morgan fingerprint density at radius 3 is 2.62 bits per heavy atom. The Hall–Kier alpha value is -2.16. The van der Waals surface area contributed by atoms with Crippen molar-refractivity contribution in [1.29, 1.82) is 0 Å². The highest BCUT2D eigenvalue weighted by molar-refractivity contribution is 5.51. The topological polar surface area (TPSA) is 58.3 Å². The van der Waals surface area contributed by atoms with Gasteiger partial charge in [0.1, 0.15) is 6.42 Å². The molecule has 130 valence electrons. The molecule has 3 heterocycles. The van der Waals surface area contributed by atoms with Crippen LogP contribution in [0.3, 0.4) is 0 Å². The SMILES string of the molecule is Cc1ccncc1N1CCN(Cc2nc(CC(F)(F)F)no2)CC1. The molecule has 1 aliphatic heterocycles. The Bertz CT molecular complexity index is 680. The van der Waals surface area contributed by atoms with E-state index in [4.69, 9.17) is 4.52 Å². The second kappa shape index (κ2) is 6.76. The minimum absolute atomic E-state index is 0.222. The molecule has 9 heteroatoms. The van der Waals surface area contributed by atoms with Crippen molar-refractivity contribution in [2.45, 2.75) is 26.1 Å². The molecule has 0 aromatic carbocycles. The Balaban J connectivity index is 1.53. The predicted octanol–water partition coefficient (Wildman–Crippen LogP) is 2.20. The number of nitrogens with zero attached hydrogens (tertiary/aromatic N) is 5. The van der Waals surface area contributed by atoms with Crippen molar-refractivity contribution in [2.24, 2.45) is 0 Å². The molecule has 2 aromatic rings. The van der Waals surface area contributed by atoms with Crippen LogP contribution in [0.5, 0.6) is 0 Å². The van der Waals surface area contributed by atoms with Crippen molar-refractivity contribution in [3.63, 3.8) is 0 Å². The van der Waals surface area contributed by atoms with Gasteiger partial charge in [-0.3, -0.25) is 9.88 Å². The summed E-state index contributed by atoms with van der Waals surface area (Å²) in [5, 5.41) is 3.39. The van der Waals surface area contributed by atoms with Gasteiger partial charge in [-0.15, -0.1) is 0 Å². The summed E-state index contributed by atoms with van der Waals surface area (Å²) in [6.07, 6.45) is -1.87. The standard InChI is InChI=1S/C15H18F3N5O/c1-11-2-3-19-9-12(11)23-6-4-22(5-7-23)10-14-20-13(21-24-14)8-15(16,17)18/h2-3,9H,4-8,10H2,1H3. The van der Waals surface area contributed by atoms with Crippen LogP contribution in [0.25, 0.3) is 0 Å². The number of pyridine rings is 1. The van der Waals surface area contributed by atoms with Crippen molar-refractivity contribution < 1.29 is 17.7 Å². The van der Waals surface area contributed by atoms with Gasteiger partial charge in [0.05, 0.1) is 18.4 Å². The molecule has 1 fully saturated rings. The number of hydrogen-bond donors (Lipinski definition) is 0. The normalized spacial score (nSPS) is 16.6. The number of anilines is 1. The van der Waals surface area contributed by atoms with Crippen LogP contribution in [0.4, 0.5) is 18.9 Å². The number of aromatic nitrogens is 3. The van der Waals surface area contributed by atoms with E-state index in [2.05, 4.69) is 24.9 Å². The van der Waals surface area contributed by atoms with E-state index < -0.39 is 12.6 Å². The molecular weight excluding hydrogens is 323 g/mol. The maximum Gasteiger partial charge on any atom is 0.396 e. The van der Waals surface area contributed by atoms with Crippen LogP contribution in [0.2, 0.25) is 0 Å². The van der Waals surface area contributed by atoms with Gasteiger partial charge in [0.2, 0.25) is 5.89 Å². The zero-order valence-electron chi connectivity index (χ0n) is 13.3. The van der Waals surface area contributed by atoms with Crippen LogP contribution in [0.1, 0.15) is 17.3 Å². The first-order valence-corrected chi connectivity index (χ1v) is 7.67. The fourth-order valence-corrected chi connectivity index (χ4v) is 2.73. The van der Waals surface area contributed by atoms with Gasteiger partial charge in [0, 0.05) is 32.4 Å². The number of piperazine rings is 1. The van der Waals surface area contributed by atoms with Crippen LogP contribution in [0, 0.1) is 6.92 Å². The molecule has 0 bridgehead atoms. The van der Waals surface area contributed by atoms with Gasteiger partial charge in [-0.25, -0.2) is 0 Å². The lowest BCUT2D eigenvalue weighted by atomic mass is 10.2. The number of alkyl halides is 3. The average Bonchev–Trinajstić information content (AvgIpc) is 2.94. The van der Waals surface area contributed by atoms with Crippen molar-refractivity contribution in [2.75, 3.05) is 31.1 Å². The molecule has 1 saturated heterocycles. The number of rotatable bonds is 4. The molecule has 0 atom stereocenters. The molecule has 3 rings (SSSR count). The summed E-state index contributed by atoms with van der Waals surface area (Å²) in [5.74, 6) is -0.0950. The number of hydrogen-bond acceptors (Lipinski definition) is 6. The second-order valence-electron chi connectivity index (χ2n) is 5.82. The third kappa shape index (κ3) is 4.22. The lowest BCUT2D eigenvalue weighted by molar-refractivity contribution is -0.128. The zero-order valence-corrected chi connectivity index (χ0v) is 13.3. The lowest BCUT2D eigenvalue weighted by Gasteiger charge is -2.35. The first kappa shape index (κ1) is 16.7. The fourth-order valence-electron chi connectivity index (χ4n) is 2.73. The quantitative estimate of drug-likeness (QED) is 0.850. The molecule has 2 aromatic heterocycles. The van der Waals surface area contributed by atoms with Crippen LogP contribution in [-0.2, 0) is 13.0 Å². The smallest absolute Gasteiger partial charge is 0.368 e. The summed E-state index contributed by atoms with van der Waals surface area (Å²) in [6.45, 7) is 5.58. The molecule has 0 aliphatic carbocycles. The van der Waals surface area contributed by atoms with E-state index in [-0.39, 0.29) is 11.7 Å². The summed E-state index contributed by atoms with van der Waals surface area (Å²) < 4.78 is 41.8. The number of aryl methyl sites for hydroxylation is 1. The summed E-state index contributed by atoms with van der Waals surface area (Å²) in [5.41, 5.74) is 2.29. The molecule has 0 unspecified atom stereocenters. The minimum Gasteiger partial charge on any atom is -0.368 e. The van der Waals surface area contributed by atoms with Gasteiger partial charge < -0.3 is 9.42 Å². The second-order valence-corrected chi connectivity index (χ2v) is 5.82. The predicted molar refractivity (Wildman–Crippen MR) is 80.5 cm³/mol. The molecule has 0 saturated carbocycles. The molecule has 0 N–H and O–H groups in total. The molecule has 24 heavy (non-hydrogen) atoms. The minimum atomic E-state index is -4.33. The van der Waals surface area contributed by atoms with Crippen molar-refractivity contribution >= 4 is 5.69 Å². The van der Waals surface area contributed by atoms with Crippen molar-refractivity contribution in [3.8, 4) is 0 Å². The summed E-state index contributed by atoms with van der Waals surface area (Å²) >= 11 is 0. The highest BCUT2D eigenvalue weighted by Gasteiger charge is 2.31. The zero-order chi connectivity index (χ0) is 17.2. The van der Waals surface area contributed by atoms with Gasteiger partial charge in [0.25, 0.3) is 0 Å². The van der Waals surface area contributed by atoms with Crippen LogP contribution < -0.4 is 4.90 Å². The van der Waals surface area contributed by atoms with Gasteiger partial charge in [0.15, 0.2) is 5.82 Å². The summed E-state index contributed by atoms with van der Waals surface area (Å²) in [4.78, 5) is 12.3. The average molecular weight is 341 g/mol. The lowest BCUT2D eigenvalue weighted by Crippen LogP contribution is -2.46. The monoisotopic (exact) mass is 341 g/mol. The Kier molecular flexibility index (Phi) is 4.70. The van der Waals surface area contributed by atoms with E-state index in [9.17, 15) is 13.2 Å². The van der Waals surface area contributed by atoms with Gasteiger partial charge in [-0.2, -0.15) is 18.2 Å². The third-order valence-electron chi connectivity index (χ3n) is 3.95. The van der Waals surface area contributed by atoms with E-state index in [1.165, 1.54) is 5.56 Å². The number of halogens is 3. The first-order chi connectivity index (χ1) is 11.4. The van der Waals surface area contributed by atoms with Crippen LogP contribution in [0.15, 0.2) is 23.0 Å². The van der Waals surface area contributed by atoms with Gasteiger partial charge in [-0.1, -0.05) is 5.16 Å². The summed E-state index contributed by atoms with van der Waals surface area (Å²) in [6, 6.07) is 1.97. The molecule has 0 spiro atoms. The first-order valence-electron chi connectivity index (χ1n) is 7.67. The highest BCUT2D eigenvalue weighted by atomic mass is 19.4. The van der Waals surface area contributed by atoms with E-state index in [1.54, 1.807) is 6.20 Å². The van der Waals surface area contributed by atoms with E-state index in [0.29, 0.717) is 6.54 Å². The van der Waals surface area contributed by atoms with E-state index in [0.717, 1.165) is 31.9 Å². The van der Waals surface area contributed by atoms with Gasteiger partial charge >= 0.3 is 6.18 Å². The van der Waals surface area contributed by atoms with Gasteiger partial charge in [-0.05, 0) is 18.6 Å². The fraction of sp³-hybridized carbons (Fsp3) is 0.533. The Morgan fingerprint density at radius 2 is 1.96 bits per heavy atom. The molecule has 0 amide bonds. The molecule has 1 aliphatic rings. The third-order valence-corrected chi connectivity index (χ3v) is 3.95. The Labute approximate surface area is 137 Å². The van der Waals surface area contributed by atoms with Crippen LogP contribution >= 0.6 is 0 Å². The van der Waals surface area contributed by atoms with Crippen molar-refractivity contribution in [1.82, 2.24) is 20.0 Å². The maximum absolute atomic E-state index is 12.3.